The van der Waals surface area contributed by atoms with E-state index in [-0.39, 0.29) is 11.4 Å². The Kier molecular flexibility index (Phi) is 5.35. The van der Waals surface area contributed by atoms with Crippen molar-refractivity contribution in [2.75, 3.05) is 10.6 Å². The Labute approximate surface area is 153 Å². The van der Waals surface area contributed by atoms with Gasteiger partial charge < -0.3 is 10.6 Å². The Morgan fingerprint density at radius 3 is 2.48 bits per heavy atom. The maximum Gasteiger partial charge on any atom is 0.416 e. The van der Waals surface area contributed by atoms with Crippen molar-refractivity contribution in [1.82, 2.24) is 9.97 Å². The van der Waals surface area contributed by atoms with Gasteiger partial charge in [-0.05, 0) is 23.8 Å². The minimum Gasteiger partial charge on any atom is -0.366 e. The predicted molar refractivity (Wildman–Crippen MR) is 95.2 cm³/mol. The lowest BCUT2D eigenvalue weighted by molar-refractivity contribution is -0.137. The monoisotopic (exact) mass is 372 g/mol. The van der Waals surface area contributed by atoms with Gasteiger partial charge >= 0.3 is 6.18 Å². The molecule has 0 unspecified atom stereocenters. The zero-order valence-corrected chi connectivity index (χ0v) is 14.0. The van der Waals surface area contributed by atoms with Crippen molar-refractivity contribution in [3.8, 4) is 0 Å². The second-order valence-electron chi connectivity index (χ2n) is 5.66. The van der Waals surface area contributed by atoms with Crippen molar-refractivity contribution >= 4 is 17.4 Å². The van der Waals surface area contributed by atoms with Crippen molar-refractivity contribution in [3.05, 3.63) is 83.8 Å². The quantitative estimate of drug-likeness (QED) is 0.698. The van der Waals surface area contributed by atoms with Crippen LogP contribution < -0.4 is 10.6 Å². The van der Waals surface area contributed by atoms with Crippen LogP contribution in [0.1, 0.15) is 21.6 Å². The molecule has 0 aliphatic heterocycles. The molecule has 2 aromatic carbocycles. The van der Waals surface area contributed by atoms with E-state index in [0.717, 1.165) is 17.7 Å². The third-order valence-electron chi connectivity index (χ3n) is 3.66. The zero-order valence-electron chi connectivity index (χ0n) is 14.0. The van der Waals surface area contributed by atoms with E-state index in [4.69, 9.17) is 0 Å². The number of rotatable bonds is 5. The molecule has 0 radical (unpaired) electrons. The van der Waals surface area contributed by atoms with Gasteiger partial charge in [-0.2, -0.15) is 13.2 Å². The van der Waals surface area contributed by atoms with Crippen LogP contribution in [0.4, 0.5) is 24.7 Å². The van der Waals surface area contributed by atoms with Crippen molar-refractivity contribution in [3.63, 3.8) is 0 Å². The number of aromatic nitrogens is 2. The smallest absolute Gasteiger partial charge is 0.366 e. The fourth-order valence-electron chi connectivity index (χ4n) is 2.34. The molecule has 8 heteroatoms. The van der Waals surface area contributed by atoms with Gasteiger partial charge in [-0.15, -0.1) is 0 Å². The molecule has 0 atom stereocenters. The van der Waals surface area contributed by atoms with Crippen molar-refractivity contribution in [2.24, 2.45) is 0 Å². The first-order valence-electron chi connectivity index (χ1n) is 8.00. The average Bonchev–Trinajstić information content (AvgIpc) is 2.67. The number of halogens is 3. The van der Waals surface area contributed by atoms with E-state index >= 15 is 0 Å². The third kappa shape index (κ3) is 5.04. The highest BCUT2D eigenvalue weighted by Crippen LogP contribution is 2.30. The summed E-state index contributed by atoms with van der Waals surface area (Å²) in [6, 6.07) is 15.4. The molecule has 0 saturated carbocycles. The molecule has 138 valence electrons. The normalized spacial score (nSPS) is 11.1. The van der Waals surface area contributed by atoms with Crippen LogP contribution in [0.3, 0.4) is 0 Å². The summed E-state index contributed by atoms with van der Waals surface area (Å²) in [6.45, 7) is 0.506. The molecule has 0 spiro atoms. The highest BCUT2D eigenvalue weighted by molar-refractivity contribution is 6.03. The third-order valence-corrected chi connectivity index (χ3v) is 3.66. The van der Waals surface area contributed by atoms with Crippen LogP contribution >= 0.6 is 0 Å². The van der Waals surface area contributed by atoms with Gasteiger partial charge in [0.05, 0.1) is 5.56 Å². The van der Waals surface area contributed by atoms with Crippen molar-refractivity contribution in [2.45, 2.75) is 12.7 Å². The standard InChI is InChI=1S/C19H15F3N4O/c20-19(21,22)14-7-4-8-15(9-14)26-18(27)16-10-17(25-12-24-16)23-11-13-5-2-1-3-6-13/h1-10,12H,11H2,(H,26,27)(H,23,24,25). The van der Waals surface area contributed by atoms with E-state index in [2.05, 4.69) is 20.6 Å². The minimum atomic E-state index is -4.48. The Balaban J connectivity index is 1.68. The largest absolute Gasteiger partial charge is 0.416 e. The molecule has 3 aromatic rings. The zero-order chi connectivity index (χ0) is 19.3. The van der Waals surface area contributed by atoms with Gasteiger partial charge in [-0.1, -0.05) is 36.4 Å². The second-order valence-corrected chi connectivity index (χ2v) is 5.66. The fraction of sp³-hybridized carbons (Fsp3) is 0.105. The Hall–Kier alpha value is -3.42. The van der Waals surface area contributed by atoms with Gasteiger partial charge in [0.1, 0.15) is 17.8 Å². The number of hydrogen-bond donors (Lipinski definition) is 2. The summed E-state index contributed by atoms with van der Waals surface area (Å²) in [4.78, 5) is 20.2. The summed E-state index contributed by atoms with van der Waals surface area (Å²) in [6.07, 6.45) is -3.27. The first kappa shape index (κ1) is 18.4. The molecule has 27 heavy (non-hydrogen) atoms. The van der Waals surface area contributed by atoms with Crippen molar-refractivity contribution in [1.29, 1.82) is 0 Å². The Morgan fingerprint density at radius 2 is 1.74 bits per heavy atom. The first-order chi connectivity index (χ1) is 12.9. The van der Waals surface area contributed by atoms with E-state index in [0.29, 0.717) is 12.4 Å². The van der Waals surface area contributed by atoms with Gasteiger partial charge in [0.25, 0.3) is 5.91 Å². The van der Waals surface area contributed by atoms with Crippen LogP contribution in [0.25, 0.3) is 0 Å². The lowest BCUT2D eigenvalue weighted by Crippen LogP contribution is -2.15. The number of nitrogens with one attached hydrogen (secondary N) is 2. The van der Waals surface area contributed by atoms with Crippen molar-refractivity contribution < 1.29 is 18.0 Å². The number of carbonyl (C=O) groups excluding carboxylic acids is 1. The molecule has 0 bridgehead atoms. The lowest BCUT2D eigenvalue weighted by Gasteiger charge is -2.10. The second kappa shape index (κ2) is 7.86. The SMILES string of the molecule is O=C(Nc1cccc(C(F)(F)F)c1)c1cc(NCc2ccccc2)ncn1. The summed E-state index contributed by atoms with van der Waals surface area (Å²) in [5.41, 5.74) is 0.268. The molecule has 1 amide bonds. The van der Waals surface area contributed by atoms with Crippen LogP contribution in [0.5, 0.6) is 0 Å². The summed E-state index contributed by atoms with van der Waals surface area (Å²) >= 11 is 0. The van der Waals surface area contributed by atoms with Crippen LogP contribution in [0, 0.1) is 0 Å². The number of anilines is 2. The summed E-state index contributed by atoms with van der Waals surface area (Å²) in [7, 11) is 0. The highest BCUT2D eigenvalue weighted by atomic mass is 19.4. The minimum absolute atomic E-state index is 0.0345. The number of carbonyl (C=O) groups is 1. The summed E-state index contributed by atoms with van der Waals surface area (Å²) < 4.78 is 38.3. The molecular weight excluding hydrogens is 357 g/mol. The van der Waals surface area contributed by atoms with Gasteiger partial charge in [-0.3, -0.25) is 4.79 Å². The Morgan fingerprint density at radius 1 is 0.963 bits per heavy atom. The van der Waals surface area contributed by atoms with E-state index < -0.39 is 17.6 Å². The van der Waals surface area contributed by atoms with Gasteiger partial charge in [0, 0.05) is 18.3 Å². The Bertz CT molecular complexity index is 929. The molecule has 1 aromatic heterocycles. The van der Waals surface area contributed by atoms with E-state index in [9.17, 15) is 18.0 Å². The van der Waals surface area contributed by atoms with Crippen LogP contribution in [0.15, 0.2) is 67.0 Å². The van der Waals surface area contributed by atoms with Crippen LogP contribution in [-0.2, 0) is 12.7 Å². The topological polar surface area (TPSA) is 66.9 Å². The maximum absolute atomic E-state index is 12.8. The fourth-order valence-corrected chi connectivity index (χ4v) is 2.34. The molecule has 1 heterocycles. The molecule has 5 nitrogen and oxygen atoms in total. The number of hydrogen-bond acceptors (Lipinski definition) is 4. The van der Waals surface area contributed by atoms with Crippen LogP contribution in [-0.4, -0.2) is 15.9 Å². The molecule has 0 aliphatic carbocycles. The van der Waals surface area contributed by atoms with E-state index in [1.807, 2.05) is 30.3 Å². The number of amides is 1. The average molecular weight is 372 g/mol. The summed E-state index contributed by atoms with van der Waals surface area (Å²) in [5, 5.41) is 5.48. The highest BCUT2D eigenvalue weighted by Gasteiger charge is 2.30. The van der Waals surface area contributed by atoms with Gasteiger partial charge in [0.2, 0.25) is 0 Å². The van der Waals surface area contributed by atoms with E-state index in [1.54, 1.807) is 0 Å². The van der Waals surface area contributed by atoms with E-state index in [1.165, 1.54) is 24.5 Å². The predicted octanol–water partition coefficient (Wildman–Crippen LogP) is 4.36. The summed E-state index contributed by atoms with van der Waals surface area (Å²) in [5.74, 6) is -0.192. The molecule has 0 aliphatic rings. The van der Waals surface area contributed by atoms with Crippen LogP contribution in [0.2, 0.25) is 0 Å². The van der Waals surface area contributed by atoms with Gasteiger partial charge in [0.15, 0.2) is 0 Å². The first-order valence-corrected chi connectivity index (χ1v) is 8.00. The molecule has 2 N–H and O–H groups in total. The molecule has 0 saturated heterocycles. The molecule has 0 fully saturated rings. The number of nitrogens with zero attached hydrogens (tertiary/aromatic N) is 2. The lowest BCUT2D eigenvalue weighted by atomic mass is 10.2. The van der Waals surface area contributed by atoms with Gasteiger partial charge in [-0.25, -0.2) is 9.97 Å². The maximum atomic E-state index is 12.8. The number of benzene rings is 2. The molecular formula is C19H15F3N4O. The molecule has 3 rings (SSSR count). The number of alkyl halides is 3.